The van der Waals surface area contributed by atoms with E-state index in [2.05, 4.69) is 4.99 Å². The fraction of sp³-hybridized carbons (Fsp3) is 0.100. The Morgan fingerprint density at radius 1 is 1.22 bits per heavy atom. The molecule has 5 nitrogen and oxygen atoms in total. The van der Waals surface area contributed by atoms with E-state index in [0.29, 0.717) is 10.5 Å². The van der Waals surface area contributed by atoms with Crippen molar-refractivity contribution in [3.8, 4) is 5.75 Å². The fourth-order valence-electron chi connectivity index (χ4n) is 2.46. The Kier molecular flexibility index (Phi) is 5.32. The third-order valence-electron chi connectivity index (χ3n) is 3.87. The first-order valence-corrected chi connectivity index (χ1v) is 8.77. The molecule has 1 aliphatic rings. The predicted octanol–water partition coefficient (Wildman–Crippen LogP) is 4.64. The van der Waals surface area contributed by atoms with Crippen LogP contribution < -0.4 is 0 Å². The van der Waals surface area contributed by atoms with Crippen molar-refractivity contribution in [1.82, 2.24) is 0 Å². The number of carbonyl (C=O) groups is 1. The van der Waals surface area contributed by atoms with Gasteiger partial charge in [-0.2, -0.15) is 0 Å². The number of halogens is 1. The van der Waals surface area contributed by atoms with Gasteiger partial charge in [0.05, 0.1) is 12.0 Å². The monoisotopic (exact) mass is 385 g/mol. The molecule has 7 heteroatoms. The number of carbonyl (C=O) groups excluding carboxylic acids is 1. The molecule has 2 N–H and O–H groups in total. The topological polar surface area (TPSA) is 79.1 Å². The molecular weight excluding hydrogens is 369 g/mol. The maximum absolute atomic E-state index is 13.9. The van der Waals surface area contributed by atoms with Gasteiger partial charge in [-0.15, -0.1) is 0 Å². The summed E-state index contributed by atoms with van der Waals surface area (Å²) >= 11 is 1.04. The van der Waals surface area contributed by atoms with Gasteiger partial charge in [0.25, 0.3) is 0 Å². The van der Waals surface area contributed by atoms with Crippen LogP contribution in [0.25, 0.3) is 6.08 Å². The lowest BCUT2D eigenvalue weighted by Gasteiger charge is -2.02. The number of aliphatic imine (C=N–C) groups is 1. The van der Waals surface area contributed by atoms with Gasteiger partial charge in [0.2, 0.25) is 0 Å². The number of esters is 1. The van der Waals surface area contributed by atoms with Crippen molar-refractivity contribution in [2.75, 3.05) is 7.11 Å². The first-order valence-electron chi connectivity index (χ1n) is 7.95. The highest BCUT2D eigenvalue weighted by molar-refractivity contribution is 8.18. The number of phenols is 1. The number of aliphatic hydroxyl groups excluding tert-OH is 1. The first kappa shape index (κ1) is 18.7. The first-order chi connectivity index (χ1) is 12.9. The number of aryl methyl sites for hydroxylation is 1. The van der Waals surface area contributed by atoms with Gasteiger partial charge in [-0.05, 0) is 48.4 Å². The highest BCUT2D eigenvalue weighted by Crippen LogP contribution is 2.40. The molecule has 1 heterocycles. The van der Waals surface area contributed by atoms with Crippen LogP contribution in [0.5, 0.6) is 5.75 Å². The molecule has 0 atom stereocenters. The number of ether oxygens (including phenoxy) is 1. The second-order valence-electron chi connectivity index (χ2n) is 5.74. The van der Waals surface area contributed by atoms with E-state index in [4.69, 9.17) is 4.74 Å². The normalized spacial score (nSPS) is 17.0. The number of nitrogens with zero attached hydrogens (tertiary/aromatic N) is 1. The molecule has 0 amide bonds. The number of aliphatic hydroxyl groups is 1. The van der Waals surface area contributed by atoms with E-state index in [1.165, 1.54) is 31.4 Å². The number of methoxy groups -OCH3 is 1. The lowest BCUT2D eigenvalue weighted by molar-refractivity contribution is -0.135. The van der Waals surface area contributed by atoms with Gasteiger partial charge >= 0.3 is 5.97 Å². The molecule has 27 heavy (non-hydrogen) atoms. The van der Waals surface area contributed by atoms with Gasteiger partial charge in [0.15, 0.2) is 0 Å². The van der Waals surface area contributed by atoms with Crippen LogP contribution in [0.1, 0.15) is 11.1 Å². The molecule has 0 radical (unpaired) electrons. The summed E-state index contributed by atoms with van der Waals surface area (Å²) in [4.78, 5) is 16.7. The lowest BCUT2D eigenvalue weighted by atomic mass is 10.1. The second-order valence-corrected chi connectivity index (χ2v) is 6.77. The molecule has 0 spiro atoms. The van der Waals surface area contributed by atoms with Crippen LogP contribution in [-0.4, -0.2) is 28.3 Å². The van der Waals surface area contributed by atoms with Crippen molar-refractivity contribution >= 4 is 34.5 Å². The molecule has 138 valence electrons. The third-order valence-corrected chi connectivity index (χ3v) is 4.89. The Morgan fingerprint density at radius 3 is 2.63 bits per heavy atom. The van der Waals surface area contributed by atoms with Gasteiger partial charge in [-0.1, -0.05) is 30.0 Å². The third kappa shape index (κ3) is 3.88. The number of aromatic hydroxyl groups is 1. The van der Waals surface area contributed by atoms with Gasteiger partial charge in [0.1, 0.15) is 33.6 Å². The van der Waals surface area contributed by atoms with E-state index in [1.54, 1.807) is 31.2 Å². The highest BCUT2D eigenvalue weighted by Gasteiger charge is 2.33. The van der Waals surface area contributed by atoms with Gasteiger partial charge < -0.3 is 14.9 Å². The van der Waals surface area contributed by atoms with E-state index >= 15 is 0 Å². The van der Waals surface area contributed by atoms with Crippen molar-refractivity contribution in [1.29, 1.82) is 0 Å². The Bertz CT molecular complexity index is 1010. The molecule has 0 fully saturated rings. The second kappa shape index (κ2) is 7.67. The van der Waals surface area contributed by atoms with E-state index in [-0.39, 0.29) is 27.8 Å². The Morgan fingerprint density at radius 2 is 1.96 bits per heavy atom. The summed E-state index contributed by atoms with van der Waals surface area (Å²) in [5.74, 6) is -1.43. The smallest absolute Gasteiger partial charge is 0.344 e. The standard InChI is InChI=1S/C20H16FNO4S/c1-11-9-12(7-8-15(11)23)10-16-18(24)17(20(25)26-2)19(27-16)22-14-6-4-3-5-13(14)21/h3-10,23-24H,1-2H3. The Balaban J connectivity index is 2.07. The molecule has 0 bridgehead atoms. The SMILES string of the molecule is COC(=O)C1=C(O)C(=Cc2ccc(O)c(C)c2)SC1=Nc1ccccc1F. The van der Waals surface area contributed by atoms with Crippen LogP contribution in [0.3, 0.4) is 0 Å². The van der Waals surface area contributed by atoms with Crippen molar-refractivity contribution in [2.24, 2.45) is 4.99 Å². The molecule has 0 saturated heterocycles. The number of para-hydroxylation sites is 1. The minimum absolute atomic E-state index is 0.0518. The maximum atomic E-state index is 13.9. The molecule has 0 aliphatic carbocycles. The number of hydrogen-bond acceptors (Lipinski definition) is 6. The van der Waals surface area contributed by atoms with Gasteiger partial charge in [0, 0.05) is 0 Å². The fourth-order valence-corrected chi connectivity index (χ4v) is 3.49. The lowest BCUT2D eigenvalue weighted by Crippen LogP contribution is -2.10. The molecule has 3 rings (SSSR count). The number of thioether (sulfide) groups is 1. The van der Waals surface area contributed by atoms with Crippen molar-refractivity contribution in [3.63, 3.8) is 0 Å². The Hall–Kier alpha value is -3.06. The van der Waals surface area contributed by atoms with Crippen molar-refractivity contribution in [2.45, 2.75) is 6.92 Å². The molecule has 2 aromatic rings. The number of hydrogen-bond donors (Lipinski definition) is 2. The van der Waals surface area contributed by atoms with Gasteiger partial charge in [-0.25, -0.2) is 14.2 Å². The Labute approximate surface area is 159 Å². The van der Waals surface area contributed by atoms with E-state index < -0.39 is 11.8 Å². The van der Waals surface area contributed by atoms with E-state index in [9.17, 15) is 19.4 Å². The van der Waals surface area contributed by atoms with Crippen LogP contribution in [0, 0.1) is 12.7 Å². The summed E-state index contributed by atoms with van der Waals surface area (Å²) in [5.41, 5.74) is 1.32. The number of benzene rings is 2. The number of rotatable bonds is 3. The zero-order chi connectivity index (χ0) is 19.6. The summed E-state index contributed by atoms with van der Waals surface area (Å²) < 4.78 is 18.7. The largest absolute Gasteiger partial charge is 0.508 e. The molecule has 0 aromatic heterocycles. The average Bonchev–Trinajstić information content (AvgIpc) is 2.95. The number of phenolic OH excluding ortho intramolecular Hbond substituents is 1. The summed E-state index contributed by atoms with van der Waals surface area (Å²) in [7, 11) is 1.19. The van der Waals surface area contributed by atoms with Gasteiger partial charge in [-0.3, -0.25) is 0 Å². The minimum atomic E-state index is -0.764. The van der Waals surface area contributed by atoms with Crippen LogP contribution in [-0.2, 0) is 9.53 Å². The van der Waals surface area contributed by atoms with E-state index in [0.717, 1.165) is 17.3 Å². The molecule has 0 unspecified atom stereocenters. The molecule has 0 saturated carbocycles. The molecular formula is C20H16FNO4S. The summed E-state index contributed by atoms with van der Waals surface area (Å²) in [6.45, 7) is 1.75. The summed E-state index contributed by atoms with van der Waals surface area (Å²) in [6, 6.07) is 10.8. The zero-order valence-corrected chi connectivity index (χ0v) is 15.4. The summed E-state index contributed by atoms with van der Waals surface area (Å²) in [6.07, 6.45) is 1.65. The molecule has 2 aromatic carbocycles. The maximum Gasteiger partial charge on any atom is 0.344 e. The summed E-state index contributed by atoms with van der Waals surface area (Å²) in [5, 5.41) is 20.3. The van der Waals surface area contributed by atoms with Crippen LogP contribution in [0.4, 0.5) is 10.1 Å². The quantitative estimate of drug-likeness (QED) is 0.753. The predicted molar refractivity (Wildman–Crippen MR) is 104 cm³/mol. The van der Waals surface area contributed by atoms with Crippen LogP contribution in [0.15, 0.2) is 63.7 Å². The van der Waals surface area contributed by atoms with Crippen molar-refractivity contribution in [3.05, 3.63) is 75.6 Å². The minimum Gasteiger partial charge on any atom is -0.508 e. The highest BCUT2D eigenvalue weighted by atomic mass is 32.2. The van der Waals surface area contributed by atoms with E-state index in [1.807, 2.05) is 0 Å². The van der Waals surface area contributed by atoms with Crippen LogP contribution >= 0.6 is 11.8 Å². The average molecular weight is 385 g/mol. The van der Waals surface area contributed by atoms with Crippen LogP contribution in [0.2, 0.25) is 0 Å². The molecule has 1 aliphatic heterocycles. The zero-order valence-electron chi connectivity index (χ0n) is 14.6. The van der Waals surface area contributed by atoms with Crippen molar-refractivity contribution < 1.29 is 24.1 Å².